The van der Waals surface area contributed by atoms with Crippen LogP contribution in [0.1, 0.15) is 11.4 Å². The molecule has 78 valence electrons. The quantitative estimate of drug-likeness (QED) is 0.737. The molecule has 0 bridgehead atoms. The molecule has 0 fully saturated rings. The van der Waals surface area contributed by atoms with Gasteiger partial charge in [0.1, 0.15) is 11.0 Å². The summed E-state index contributed by atoms with van der Waals surface area (Å²) >= 11 is 11.2. The Labute approximate surface area is 105 Å². The number of aromatic nitrogens is 2. The number of hydrogen-bond acceptors (Lipinski definition) is 3. The summed E-state index contributed by atoms with van der Waals surface area (Å²) in [6.45, 7) is 3.78. The van der Waals surface area contributed by atoms with Gasteiger partial charge in [0, 0.05) is 10.0 Å². The van der Waals surface area contributed by atoms with Crippen LogP contribution in [0.5, 0.6) is 0 Å². The van der Waals surface area contributed by atoms with E-state index < -0.39 is 0 Å². The van der Waals surface area contributed by atoms with E-state index in [2.05, 4.69) is 25.9 Å². The number of nitrogens with zero attached hydrogens (tertiary/aromatic N) is 2. The molecule has 0 saturated heterocycles. The first-order valence-electron chi connectivity index (χ1n) is 4.33. The van der Waals surface area contributed by atoms with E-state index in [1.54, 1.807) is 11.3 Å². The predicted molar refractivity (Wildman–Crippen MR) is 67.5 cm³/mol. The average molecular weight is 304 g/mol. The van der Waals surface area contributed by atoms with Crippen molar-refractivity contribution in [1.82, 2.24) is 9.97 Å². The fraction of sp³-hybridized carbons (Fsp3) is 0.200. The van der Waals surface area contributed by atoms with Crippen LogP contribution in [0.25, 0.3) is 10.6 Å². The van der Waals surface area contributed by atoms with Gasteiger partial charge in [-0.25, -0.2) is 9.97 Å². The molecular formula is C10H8BrClN2S. The number of thiophene rings is 1. The highest BCUT2D eigenvalue weighted by Crippen LogP contribution is 2.35. The highest BCUT2D eigenvalue weighted by atomic mass is 79.9. The molecule has 0 aliphatic heterocycles. The lowest BCUT2D eigenvalue weighted by Crippen LogP contribution is -1.95. The minimum Gasteiger partial charge on any atom is -0.232 e. The van der Waals surface area contributed by atoms with Gasteiger partial charge < -0.3 is 0 Å². The molecule has 0 aromatic carbocycles. The predicted octanol–water partition coefficient (Wildman–Crippen LogP) is 4.24. The molecular weight excluding hydrogens is 296 g/mol. The maximum absolute atomic E-state index is 6.03. The van der Waals surface area contributed by atoms with Crippen molar-refractivity contribution in [2.45, 2.75) is 13.8 Å². The summed E-state index contributed by atoms with van der Waals surface area (Å²) < 4.78 is 1.05. The van der Waals surface area contributed by atoms with Crippen LogP contribution in [-0.2, 0) is 0 Å². The topological polar surface area (TPSA) is 25.8 Å². The molecule has 0 amide bonds. The normalized spacial score (nSPS) is 10.7. The minimum atomic E-state index is 0.526. The second-order valence-electron chi connectivity index (χ2n) is 3.13. The molecule has 0 unspecified atom stereocenters. The van der Waals surface area contributed by atoms with Gasteiger partial charge in [0.05, 0.1) is 10.6 Å². The van der Waals surface area contributed by atoms with Gasteiger partial charge in [-0.15, -0.1) is 11.3 Å². The molecule has 2 aromatic rings. The highest BCUT2D eigenvalue weighted by Gasteiger charge is 2.13. The van der Waals surface area contributed by atoms with Crippen LogP contribution in [0.3, 0.4) is 0 Å². The minimum absolute atomic E-state index is 0.526. The molecule has 2 aromatic heterocycles. The van der Waals surface area contributed by atoms with E-state index in [1.165, 1.54) is 0 Å². The van der Waals surface area contributed by atoms with E-state index >= 15 is 0 Å². The first-order chi connectivity index (χ1) is 7.09. The molecule has 0 atom stereocenters. The fourth-order valence-electron chi connectivity index (χ4n) is 1.28. The third-order valence-electron chi connectivity index (χ3n) is 2.03. The molecule has 2 heterocycles. The van der Waals surface area contributed by atoms with E-state index in [1.807, 2.05) is 25.3 Å². The summed E-state index contributed by atoms with van der Waals surface area (Å²) in [5, 5.41) is 2.54. The summed E-state index contributed by atoms with van der Waals surface area (Å²) in [5.74, 6) is 0.695. The Hall–Kier alpha value is -0.450. The smallest absolute Gasteiger partial charge is 0.136 e. The molecule has 2 nitrogen and oxygen atoms in total. The number of hydrogen-bond donors (Lipinski definition) is 0. The summed E-state index contributed by atoms with van der Waals surface area (Å²) in [6, 6.07) is 2.00. The van der Waals surface area contributed by atoms with Crippen molar-refractivity contribution in [3.63, 3.8) is 0 Å². The van der Waals surface area contributed by atoms with Gasteiger partial charge in [-0.3, -0.25) is 0 Å². The van der Waals surface area contributed by atoms with Crippen molar-refractivity contribution >= 4 is 38.9 Å². The zero-order valence-electron chi connectivity index (χ0n) is 8.21. The van der Waals surface area contributed by atoms with E-state index in [0.717, 1.165) is 20.6 Å². The summed E-state index contributed by atoms with van der Waals surface area (Å²) in [6.07, 6.45) is 0. The van der Waals surface area contributed by atoms with Crippen molar-refractivity contribution in [3.8, 4) is 10.6 Å². The van der Waals surface area contributed by atoms with Gasteiger partial charge in [0.15, 0.2) is 0 Å². The zero-order chi connectivity index (χ0) is 11.0. The van der Waals surface area contributed by atoms with Crippen LogP contribution >= 0.6 is 38.9 Å². The monoisotopic (exact) mass is 302 g/mol. The van der Waals surface area contributed by atoms with E-state index in [4.69, 9.17) is 11.6 Å². The van der Waals surface area contributed by atoms with E-state index in [0.29, 0.717) is 11.0 Å². The first kappa shape index (κ1) is 11.0. The van der Waals surface area contributed by atoms with Crippen molar-refractivity contribution in [2.24, 2.45) is 0 Å². The number of aryl methyl sites for hydroxylation is 1. The Morgan fingerprint density at radius 1 is 1.33 bits per heavy atom. The third kappa shape index (κ3) is 2.07. The van der Waals surface area contributed by atoms with Crippen LogP contribution in [-0.4, -0.2) is 9.97 Å². The lowest BCUT2D eigenvalue weighted by molar-refractivity contribution is 1.04. The molecule has 5 heteroatoms. The number of halogens is 2. The zero-order valence-corrected chi connectivity index (χ0v) is 11.4. The lowest BCUT2D eigenvalue weighted by Gasteiger charge is -2.05. The Bertz CT molecular complexity index is 510. The largest absolute Gasteiger partial charge is 0.232 e. The maximum atomic E-state index is 6.03. The van der Waals surface area contributed by atoms with Gasteiger partial charge >= 0.3 is 0 Å². The standard InChI is InChI=1S/C10H8BrClN2S/c1-5-8(9-7(11)3-4-15-9)13-6(2)14-10(5)12/h3-4H,1-2H3. The van der Waals surface area contributed by atoms with Crippen molar-refractivity contribution in [3.05, 3.63) is 32.5 Å². The molecule has 0 aliphatic carbocycles. The highest BCUT2D eigenvalue weighted by molar-refractivity contribution is 9.10. The van der Waals surface area contributed by atoms with Crippen molar-refractivity contribution in [1.29, 1.82) is 0 Å². The van der Waals surface area contributed by atoms with Crippen molar-refractivity contribution < 1.29 is 0 Å². The van der Waals surface area contributed by atoms with Crippen LogP contribution in [0.15, 0.2) is 15.9 Å². The first-order valence-corrected chi connectivity index (χ1v) is 6.38. The third-order valence-corrected chi connectivity index (χ3v) is 4.24. The maximum Gasteiger partial charge on any atom is 0.136 e. The van der Waals surface area contributed by atoms with E-state index in [-0.39, 0.29) is 0 Å². The van der Waals surface area contributed by atoms with Crippen molar-refractivity contribution in [2.75, 3.05) is 0 Å². The fourth-order valence-corrected chi connectivity index (χ4v) is 3.10. The second-order valence-corrected chi connectivity index (χ2v) is 5.26. The van der Waals surface area contributed by atoms with Crippen LogP contribution in [0.4, 0.5) is 0 Å². The molecule has 0 radical (unpaired) electrons. The van der Waals surface area contributed by atoms with Crippen LogP contribution in [0.2, 0.25) is 5.15 Å². The van der Waals surface area contributed by atoms with Crippen LogP contribution in [0, 0.1) is 13.8 Å². The van der Waals surface area contributed by atoms with Crippen LogP contribution < -0.4 is 0 Å². The van der Waals surface area contributed by atoms with Gasteiger partial charge in [0.2, 0.25) is 0 Å². The number of rotatable bonds is 1. The SMILES string of the molecule is Cc1nc(Cl)c(C)c(-c2sccc2Br)n1. The average Bonchev–Trinajstić information content (AvgIpc) is 2.58. The lowest BCUT2D eigenvalue weighted by atomic mass is 10.2. The molecule has 0 aliphatic rings. The second kappa shape index (κ2) is 4.20. The molecule has 0 spiro atoms. The Kier molecular flexibility index (Phi) is 3.09. The van der Waals surface area contributed by atoms with Gasteiger partial charge in [-0.05, 0) is 41.2 Å². The Morgan fingerprint density at radius 2 is 2.07 bits per heavy atom. The molecule has 0 saturated carbocycles. The summed E-state index contributed by atoms with van der Waals surface area (Å²) in [4.78, 5) is 9.64. The van der Waals surface area contributed by atoms with Gasteiger partial charge in [0.25, 0.3) is 0 Å². The Balaban J connectivity index is 2.68. The molecule has 0 N–H and O–H groups in total. The summed E-state index contributed by atoms with van der Waals surface area (Å²) in [5.41, 5.74) is 1.83. The van der Waals surface area contributed by atoms with E-state index in [9.17, 15) is 0 Å². The summed E-state index contributed by atoms with van der Waals surface area (Å²) in [7, 11) is 0. The van der Waals surface area contributed by atoms with Gasteiger partial charge in [-0.2, -0.15) is 0 Å². The molecule has 15 heavy (non-hydrogen) atoms. The Morgan fingerprint density at radius 3 is 2.67 bits per heavy atom. The van der Waals surface area contributed by atoms with Gasteiger partial charge in [-0.1, -0.05) is 11.6 Å². The molecule has 2 rings (SSSR count).